The van der Waals surface area contributed by atoms with Crippen molar-refractivity contribution in [1.29, 1.82) is 0 Å². The van der Waals surface area contributed by atoms with Gasteiger partial charge in [-0.25, -0.2) is 0 Å². The Labute approximate surface area is 140 Å². The Balaban J connectivity index is 1.81. The SMILES string of the molecule is COc1ccc(-n2c(S)nnc2CNc2ccc(C)cc2)cc1. The van der Waals surface area contributed by atoms with Gasteiger partial charge in [0.1, 0.15) is 5.75 Å². The number of rotatable bonds is 5. The topological polar surface area (TPSA) is 52.0 Å². The standard InChI is InChI=1S/C17H18N4OS/c1-12-3-5-13(6-4-12)18-11-16-19-20-17(23)21(16)14-7-9-15(22-2)10-8-14/h3-10,18H,11H2,1-2H3,(H,20,23). The third kappa shape index (κ3) is 3.48. The monoisotopic (exact) mass is 326 g/mol. The molecule has 3 rings (SSSR count). The molecule has 0 saturated heterocycles. The third-order valence-corrected chi connectivity index (χ3v) is 3.84. The molecule has 0 amide bonds. The fourth-order valence-electron chi connectivity index (χ4n) is 2.27. The molecule has 0 unspecified atom stereocenters. The van der Waals surface area contributed by atoms with Gasteiger partial charge in [-0.1, -0.05) is 17.7 Å². The van der Waals surface area contributed by atoms with E-state index in [-0.39, 0.29) is 0 Å². The molecule has 0 atom stereocenters. The molecule has 3 aromatic rings. The highest BCUT2D eigenvalue weighted by Crippen LogP contribution is 2.20. The fourth-order valence-corrected chi connectivity index (χ4v) is 2.55. The molecule has 0 radical (unpaired) electrons. The maximum absolute atomic E-state index is 5.19. The molecular formula is C17H18N4OS. The van der Waals surface area contributed by atoms with Crippen molar-refractivity contribution in [3.8, 4) is 11.4 Å². The first-order valence-corrected chi connectivity index (χ1v) is 7.70. The number of anilines is 1. The smallest absolute Gasteiger partial charge is 0.192 e. The molecule has 0 saturated carbocycles. The summed E-state index contributed by atoms with van der Waals surface area (Å²) < 4.78 is 7.10. The summed E-state index contributed by atoms with van der Waals surface area (Å²) in [4.78, 5) is 0. The molecule has 1 heterocycles. The summed E-state index contributed by atoms with van der Waals surface area (Å²) in [5.74, 6) is 1.60. The van der Waals surface area contributed by atoms with Crippen LogP contribution >= 0.6 is 12.6 Å². The van der Waals surface area contributed by atoms with Crippen LogP contribution in [-0.4, -0.2) is 21.9 Å². The minimum absolute atomic E-state index is 0.552. The molecule has 0 aliphatic heterocycles. The summed E-state index contributed by atoms with van der Waals surface area (Å²) in [6, 6.07) is 15.9. The predicted molar refractivity (Wildman–Crippen MR) is 93.7 cm³/mol. The van der Waals surface area contributed by atoms with Crippen LogP contribution in [0.4, 0.5) is 5.69 Å². The second-order valence-electron chi connectivity index (χ2n) is 5.17. The van der Waals surface area contributed by atoms with E-state index in [1.54, 1.807) is 7.11 Å². The highest BCUT2D eigenvalue weighted by atomic mass is 32.1. The van der Waals surface area contributed by atoms with Crippen molar-refractivity contribution in [3.05, 3.63) is 59.9 Å². The largest absolute Gasteiger partial charge is 0.497 e. The van der Waals surface area contributed by atoms with Gasteiger partial charge in [0.15, 0.2) is 11.0 Å². The second-order valence-corrected chi connectivity index (χ2v) is 5.57. The van der Waals surface area contributed by atoms with Crippen molar-refractivity contribution in [2.45, 2.75) is 18.6 Å². The molecule has 1 aromatic heterocycles. The van der Waals surface area contributed by atoms with E-state index in [0.717, 1.165) is 22.9 Å². The number of aryl methyl sites for hydroxylation is 1. The van der Waals surface area contributed by atoms with Gasteiger partial charge in [0.2, 0.25) is 0 Å². The summed E-state index contributed by atoms with van der Waals surface area (Å²) >= 11 is 4.40. The lowest BCUT2D eigenvalue weighted by Crippen LogP contribution is -2.08. The maximum atomic E-state index is 5.19. The number of nitrogens with one attached hydrogen (secondary N) is 1. The van der Waals surface area contributed by atoms with E-state index in [0.29, 0.717) is 11.7 Å². The fraction of sp³-hybridized carbons (Fsp3) is 0.176. The lowest BCUT2D eigenvalue weighted by atomic mass is 10.2. The van der Waals surface area contributed by atoms with Gasteiger partial charge in [-0.2, -0.15) is 0 Å². The summed E-state index contributed by atoms with van der Waals surface area (Å²) in [6.07, 6.45) is 0. The van der Waals surface area contributed by atoms with Crippen LogP contribution in [0.15, 0.2) is 53.7 Å². The molecule has 1 N–H and O–H groups in total. The molecule has 0 bridgehead atoms. The van der Waals surface area contributed by atoms with Crippen LogP contribution < -0.4 is 10.1 Å². The molecule has 2 aromatic carbocycles. The summed E-state index contributed by atoms with van der Waals surface area (Å²) in [5.41, 5.74) is 3.22. The Morgan fingerprint density at radius 3 is 2.39 bits per heavy atom. The van der Waals surface area contributed by atoms with E-state index in [9.17, 15) is 0 Å². The van der Waals surface area contributed by atoms with Gasteiger partial charge in [-0.3, -0.25) is 4.57 Å². The number of hydrogen-bond donors (Lipinski definition) is 2. The number of thiol groups is 1. The van der Waals surface area contributed by atoms with E-state index in [2.05, 4.69) is 47.2 Å². The van der Waals surface area contributed by atoms with Crippen LogP contribution in [0.5, 0.6) is 5.75 Å². The first-order chi connectivity index (χ1) is 11.2. The zero-order valence-corrected chi connectivity index (χ0v) is 13.9. The normalized spacial score (nSPS) is 10.6. The van der Waals surface area contributed by atoms with Gasteiger partial charge in [0, 0.05) is 11.4 Å². The van der Waals surface area contributed by atoms with Gasteiger partial charge in [0.05, 0.1) is 13.7 Å². The van der Waals surface area contributed by atoms with Gasteiger partial charge in [-0.15, -0.1) is 22.8 Å². The average molecular weight is 326 g/mol. The Bertz CT molecular complexity index is 781. The lowest BCUT2D eigenvalue weighted by molar-refractivity contribution is 0.414. The summed E-state index contributed by atoms with van der Waals surface area (Å²) in [7, 11) is 1.65. The number of nitrogens with zero attached hydrogens (tertiary/aromatic N) is 3. The minimum Gasteiger partial charge on any atom is -0.497 e. The molecule has 118 valence electrons. The van der Waals surface area contributed by atoms with Crippen molar-refractivity contribution < 1.29 is 4.74 Å². The highest BCUT2D eigenvalue weighted by Gasteiger charge is 2.11. The Hall–Kier alpha value is -2.47. The van der Waals surface area contributed by atoms with Crippen LogP contribution in [0.25, 0.3) is 5.69 Å². The van der Waals surface area contributed by atoms with E-state index in [4.69, 9.17) is 4.74 Å². The van der Waals surface area contributed by atoms with Gasteiger partial charge < -0.3 is 10.1 Å². The van der Waals surface area contributed by atoms with E-state index in [1.165, 1.54) is 5.56 Å². The quantitative estimate of drug-likeness (QED) is 0.705. The number of ether oxygens (including phenoxy) is 1. The zero-order chi connectivity index (χ0) is 16.2. The van der Waals surface area contributed by atoms with E-state index in [1.807, 2.05) is 41.0 Å². The Kier molecular flexibility index (Phi) is 4.52. The number of aromatic nitrogens is 3. The van der Waals surface area contributed by atoms with Crippen molar-refractivity contribution in [2.75, 3.05) is 12.4 Å². The average Bonchev–Trinajstić information content (AvgIpc) is 2.95. The molecule has 0 spiro atoms. The maximum Gasteiger partial charge on any atom is 0.192 e. The number of hydrogen-bond acceptors (Lipinski definition) is 5. The molecule has 5 nitrogen and oxygen atoms in total. The molecule has 0 aliphatic rings. The van der Waals surface area contributed by atoms with Crippen LogP contribution in [0, 0.1) is 6.92 Å². The van der Waals surface area contributed by atoms with Gasteiger partial charge in [-0.05, 0) is 43.3 Å². The molecule has 0 fully saturated rings. The zero-order valence-electron chi connectivity index (χ0n) is 13.0. The van der Waals surface area contributed by atoms with Crippen LogP contribution in [0.3, 0.4) is 0 Å². The van der Waals surface area contributed by atoms with Crippen molar-refractivity contribution in [2.24, 2.45) is 0 Å². The molecule has 0 aliphatic carbocycles. The first kappa shape index (κ1) is 15.4. The number of benzene rings is 2. The Morgan fingerprint density at radius 1 is 1.04 bits per heavy atom. The molecular weight excluding hydrogens is 308 g/mol. The van der Waals surface area contributed by atoms with Gasteiger partial charge in [0.25, 0.3) is 0 Å². The van der Waals surface area contributed by atoms with Crippen LogP contribution in [-0.2, 0) is 6.54 Å². The molecule has 6 heteroatoms. The van der Waals surface area contributed by atoms with Crippen molar-refractivity contribution >= 4 is 18.3 Å². The van der Waals surface area contributed by atoms with E-state index < -0.39 is 0 Å². The van der Waals surface area contributed by atoms with Crippen molar-refractivity contribution in [1.82, 2.24) is 14.8 Å². The van der Waals surface area contributed by atoms with Crippen molar-refractivity contribution in [3.63, 3.8) is 0 Å². The predicted octanol–water partition coefficient (Wildman–Crippen LogP) is 3.49. The Morgan fingerprint density at radius 2 is 1.74 bits per heavy atom. The third-order valence-electron chi connectivity index (χ3n) is 3.55. The lowest BCUT2D eigenvalue weighted by Gasteiger charge is -2.10. The van der Waals surface area contributed by atoms with E-state index >= 15 is 0 Å². The highest BCUT2D eigenvalue weighted by molar-refractivity contribution is 7.80. The summed E-state index contributed by atoms with van der Waals surface area (Å²) in [5, 5.41) is 12.2. The minimum atomic E-state index is 0.552. The second kappa shape index (κ2) is 6.75. The van der Waals surface area contributed by atoms with Crippen LogP contribution in [0.2, 0.25) is 0 Å². The number of methoxy groups -OCH3 is 1. The molecule has 23 heavy (non-hydrogen) atoms. The summed E-state index contributed by atoms with van der Waals surface area (Å²) in [6.45, 7) is 2.62. The first-order valence-electron chi connectivity index (χ1n) is 7.25. The van der Waals surface area contributed by atoms with Crippen LogP contribution in [0.1, 0.15) is 11.4 Å². The van der Waals surface area contributed by atoms with Gasteiger partial charge >= 0.3 is 0 Å².